The van der Waals surface area contributed by atoms with Gasteiger partial charge in [0.1, 0.15) is 0 Å². The molecule has 124 heavy (non-hydrogen) atoms. The van der Waals surface area contributed by atoms with Crippen LogP contribution in [0.2, 0.25) is 0 Å². The fraction of sp³-hybridized carbons (Fsp3) is 0.696. The van der Waals surface area contributed by atoms with E-state index in [4.69, 9.17) is 18.9 Å². The first-order valence-electron chi connectivity index (χ1n) is 45.6. The molecule has 20 rings (SSSR count). The average molecular weight is 1920 g/mol. The molecular formula is C92H128N8O12S12. The van der Waals surface area contributed by atoms with E-state index in [1.165, 1.54) is 123 Å². The molecule has 16 atom stereocenters. The lowest BCUT2D eigenvalue weighted by Gasteiger charge is -2.47. The minimum Gasteiger partial charge on any atom is -0.368 e. The molecule has 4 aliphatic carbocycles. The number of rotatable bonds is 16. The number of thioether (sulfide) groups is 8. The van der Waals surface area contributed by atoms with Gasteiger partial charge in [-0.1, -0.05) is 122 Å². The fourth-order valence-corrected chi connectivity index (χ4v) is 42.1. The lowest BCUT2D eigenvalue weighted by molar-refractivity contribution is -0.0924. The molecular weight excluding hydrogens is 1790 g/mol. The van der Waals surface area contributed by atoms with Crippen LogP contribution in [0.5, 0.6) is 0 Å². The summed E-state index contributed by atoms with van der Waals surface area (Å²) in [7, 11) is -14.7. The van der Waals surface area contributed by atoms with Crippen molar-refractivity contribution in [3.63, 3.8) is 0 Å². The van der Waals surface area contributed by atoms with Crippen molar-refractivity contribution >= 4 is 159 Å². The van der Waals surface area contributed by atoms with Gasteiger partial charge in [0, 0.05) is 70.2 Å². The lowest BCUT2D eigenvalue weighted by Crippen LogP contribution is -2.49. The highest BCUT2D eigenvalue weighted by atomic mass is 32.2. The summed E-state index contributed by atoms with van der Waals surface area (Å²) >= 11 is 16.9. The van der Waals surface area contributed by atoms with Crippen LogP contribution in [-0.2, 0) is 59.0 Å². The van der Waals surface area contributed by atoms with Crippen LogP contribution in [0.1, 0.15) is 230 Å². The van der Waals surface area contributed by atoms with Crippen LogP contribution >= 0.6 is 94.1 Å². The van der Waals surface area contributed by atoms with Gasteiger partial charge in [-0.05, 0) is 278 Å². The standard InChI is InChI=1S/4C23H32N2O3S3/c4*1-17-7-9-18(10-8-17)31(26,27)25-24-16-22-11-4-3-6-19(22)20-23(29-14-5-15-30-23)13-12-21(22,2)28-20/h4*7-10,16,19-20,25H,3-6,11-15H2,1-2H3/b4*24-16+/t4*19-,20+,21+,22+/m1000/s1. The van der Waals surface area contributed by atoms with Crippen molar-refractivity contribution in [1.29, 1.82) is 0 Å². The third-order valence-corrected chi connectivity index (χ3v) is 50.8. The van der Waals surface area contributed by atoms with Crippen LogP contribution in [0.4, 0.5) is 0 Å². The van der Waals surface area contributed by atoms with Crippen LogP contribution in [0.25, 0.3) is 0 Å². The smallest absolute Gasteiger partial charge is 0.276 e. The molecule has 12 heterocycles. The number of nitrogens with zero attached hydrogens (tertiary/aromatic N) is 4. The molecule has 4 aromatic carbocycles. The number of sulfonamides is 4. The van der Waals surface area contributed by atoms with Crippen LogP contribution in [0.15, 0.2) is 137 Å². The highest BCUT2D eigenvalue weighted by Gasteiger charge is 2.75. The molecule has 12 aliphatic heterocycles. The van der Waals surface area contributed by atoms with Crippen molar-refractivity contribution in [3.8, 4) is 0 Å². The summed E-state index contributed by atoms with van der Waals surface area (Å²) in [5, 5.41) is 17.5. The van der Waals surface area contributed by atoms with E-state index in [1.54, 1.807) is 48.5 Å². The van der Waals surface area contributed by atoms with E-state index in [0.29, 0.717) is 23.7 Å². The SMILES string of the molecule is Cc1ccc(S(=O)(=O)N/N=C/[C@@]23CCCC[C@@H]2[C@@H]2O[C@@]3(C)CCC23SCCCS3)cc1.Cc1ccc(S(=O)(=O)N/N=C/[C@]23CCCC[C@H]2[C@H]2O[C@]3(C)CCC23SCCCS3)cc1.Cc1ccc(S(=O)(=O)N/N=C/[C@]23CCCC[C@H]2[C@H]2O[C@]3(C)CCC23SCCCS3)cc1.Cc1ccc(S(=O)(=O)N/N=C/[C@]23CCCC[C@H]2[C@H]2O[C@]3(C)CCC23SCCCS3)cc1. The maximum Gasteiger partial charge on any atom is 0.276 e. The Morgan fingerprint density at radius 3 is 0.645 bits per heavy atom. The average Bonchev–Trinajstić information content (AvgIpc) is 1.55. The minimum absolute atomic E-state index is 0.163. The first-order chi connectivity index (χ1) is 59.2. The van der Waals surface area contributed by atoms with Crippen molar-refractivity contribution in [2.24, 2.45) is 65.7 Å². The second kappa shape index (κ2) is 36.2. The topological polar surface area (TPSA) is 271 Å². The zero-order valence-electron chi connectivity index (χ0n) is 73.2. The van der Waals surface area contributed by atoms with Crippen molar-refractivity contribution in [2.45, 2.75) is 318 Å². The molecule has 4 saturated carbocycles. The largest absolute Gasteiger partial charge is 0.368 e. The van der Waals surface area contributed by atoms with Gasteiger partial charge in [0.05, 0.1) is 82.7 Å². The minimum atomic E-state index is -3.68. The van der Waals surface area contributed by atoms with Crippen LogP contribution in [0.3, 0.4) is 0 Å². The highest BCUT2D eigenvalue weighted by molar-refractivity contribution is 8.20. The molecule has 4 N–H and O–H groups in total. The lowest BCUT2D eigenvalue weighted by atomic mass is 9.59. The Morgan fingerprint density at radius 1 is 0.274 bits per heavy atom. The molecule has 16 fully saturated rings. The quantitative estimate of drug-likeness (QED) is 0.0599. The second-order valence-electron chi connectivity index (χ2n) is 38.8. The molecule has 4 aromatic rings. The van der Waals surface area contributed by atoms with Crippen LogP contribution < -0.4 is 19.3 Å². The van der Waals surface area contributed by atoms with Gasteiger partial charge in [-0.15, -0.1) is 94.1 Å². The molecule has 0 unspecified atom stereocenters. The molecule has 0 amide bonds. The van der Waals surface area contributed by atoms with Gasteiger partial charge in [-0.2, -0.15) is 54.1 Å². The Morgan fingerprint density at radius 2 is 0.460 bits per heavy atom. The number of nitrogens with one attached hydrogen (secondary N) is 4. The highest BCUT2D eigenvalue weighted by Crippen LogP contribution is 2.74. The number of hydrogen-bond acceptors (Lipinski definition) is 24. The Labute approximate surface area is 772 Å². The molecule has 680 valence electrons. The second-order valence-corrected chi connectivity index (χ2v) is 57.8. The molecule has 32 heteroatoms. The zero-order valence-corrected chi connectivity index (χ0v) is 83.0. The van der Waals surface area contributed by atoms with Gasteiger partial charge in [-0.3, -0.25) is 0 Å². The van der Waals surface area contributed by atoms with E-state index < -0.39 is 40.1 Å². The maximum absolute atomic E-state index is 12.8. The molecule has 4 spiro atoms. The van der Waals surface area contributed by atoms with Gasteiger partial charge >= 0.3 is 0 Å². The predicted molar refractivity (Wildman–Crippen MR) is 517 cm³/mol. The molecule has 8 bridgehead atoms. The fourth-order valence-electron chi connectivity index (χ4n) is 24.8. The van der Waals surface area contributed by atoms with Gasteiger partial charge in [-0.25, -0.2) is 19.3 Å². The number of aryl methyl sites for hydroxylation is 4. The van der Waals surface area contributed by atoms with Gasteiger partial charge in [0.2, 0.25) is 0 Å². The van der Waals surface area contributed by atoms with Gasteiger partial charge in [0.15, 0.2) is 0 Å². The van der Waals surface area contributed by atoms with E-state index in [1.807, 2.05) is 101 Å². The van der Waals surface area contributed by atoms with E-state index in [0.717, 1.165) is 125 Å². The Bertz CT molecular complexity index is 4470. The molecule has 20 nitrogen and oxygen atoms in total. The molecule has 0 radical (unpaired) electrons. The van der Waals surface area contributed by atoms with Crippen molar-refractivity contribution in [1.82, 2.24) is 19.3 Å². The van der Waals surface area contributed by atoms with Crippen LogP contribution in [0, 0.1) is 73.0 Å². The first-order valence-corrected chi connectivity index (χ1v) is 59.4. The summed E-state index contributed by atoms with van der Waals surface area (Å²) in [5.41, 5.74) is 2.23. The number of hydrazone groups is 4. The molecule has 16 aliphatic rings. The Balaban J connectivity index is 0.000000117. The Kier molecular flexibility index (Phi) is 27.2. The van der Waals surface area contributed by atoms with E-state index in [9.17, 15) is 33.7 Å². The van der Waals surface area contributed by atoms with E-state index >= 15 is 0 Å². The molecule has 0 aromatic heterocycles. The normalized spacial score (nSPS) is 37.1. The van der Waals surface area contributed by atoms with Gasteiger partial charge < -0.3 is 18.9 Å². The third kappa shape index (κ3) is 17.0. The van der Waals surface area contributed by atoms with Crippen molar-refractivity contribution in [3.05, 3.63) is 119 Å². The third-order valence-electron chi connectivity index (χ3n) is 31.7. The summed E-state index contributed by atoms with van der Waals surface area (Å²) < 4.78 is 130. The Hall–Kier alpha value is -2.80. The van der Waals surface area contributed by atoms with Crippen molar-refractivity contribution < 1.29 is 52.6 Å². The first kappa shape index (κ1) is 93.0. The van der Waals surface area contributed by atoms with E-state index in [-0.39, 0.29) is 104 Å². The van der Waals surface area contributed by atoms with Gasteiger partial charge in [0.25, 0.3) is 40.1 Å². The number of hydrogen-bond donors (Lipinski definition) is 4. The number of ether oxygens (including phenoxy) is 4. The number of fused-ring (bicyclic) bond motifs is 24. The monoisotopic (exact) mass is 1920 g/mol. The summed E-state index contributed by atoms with van der Waals surface area (Å²) in [6, 6.07) is 27.5. The summed E-state index contributed by atoms with van der Waals surface area (Å²) in [6.45, 7) is 16.8. The summed E-state index contributed by atoms with van der Waals surface area (Å²) in [5.74, 6) is 11.3. The number of benzene rings is 4. The van der Waals surface area contributed by atoms with Crippen LogP contribution in [-0.4, -0.2) is 168 Å². The molecule has 12 saturated heterocycles. The zero-order chi connectivity index (χ0) is 87.0. The van der Waals surface area contributed by atoms with Crippen molar-refractivity contribution in [2.75, 3.05) is 46.0 Å². The summed E-state index contributed by atoms with van der Waals surface area (Å²) in [4.78, 5) is 11.0. The van der Waals surface area contributed by atoms with E-state index in [2.05, 4.69) is 162 Å². The maximum atomic E-state index is 12.8. The summed E-state index contributed by atoms with van der Waals surface area (Å²) in [6.07, 6.45) is 40.5. The predicted octanol–water partition coefficient (Wildman–Crippen LogP) is 19.8.